The Balaban J connectivity index is 1.21. The average molecular weight is 655 g/mol. The highest BCUT2D eigenvalue weighted by Gasteiger charge is 2.56. The lowest BCUT2D eigenvalue weighted by Crippen LogP contribution is -2.50. The molecule has 1 aliphatic heterocycles. The third-order valence-corrected chi connectivity index (χ3v) is 8.99. The number of fused-ring (bicyclic) bond motifs is 3. The lowest BCUT2D eigenvalue weighted by Gasteiger charge is -2.34. The molecule has 3 atom stereocenters. The van der Waals surface area contributed by atoms with Crippen molar-refractivity contribution in [2.75, 3.05) is 5.32 Å². The van der Waals surface area contributed by atoms with Gasteiger partial charge in [0.15, 0.2) is 11.4 Å². The number of hydrogen-bond donors (Lipinski definition) is 1. The zero-order valence-electron chi connectivity index (χ0n) is 26.6. The van der Waals surface area contributed by atoms with Gasteiger partial charge in [-0.1, -0.05) is 17.9 Å². The number of alkyl halides is 3. The number of rotatable bonds is 6. The van der Waals surface area contributed by atoms with E-state index in [0.717, 1.165) is 11.8 Å². The van der Waals surface area contributed by atoms with E-state index in [4.69, 9.17) is 4.98 Å². The van der Waals surface area contributed by atoms with Crippen LogP contribution in [0.4, 0.5) is 19.0 Å². The highest BCUT2D eigenvalue weighted by molar-refractivity contribution is 6.08. The number of anilines is 1. The van der Waals surface area contributed by atoms with Gasteiger partial charge in [-0.25, -0.2) is 14.5 Å². The molecule has 0 unspecified atom stereocenters. The zero-order chi connectivity index (χ0) is 34.3. The smallest absolute Gasteiger partial charge is 0.336 e. The Morgan fingerprint density at radius 1 is 1.10 bits per heavy atom. The number of pyridine rings is 2. The highest BCUT2D eigenvalue weighted by Crippen LogP contribution is 2.45. The Kier molecular flexibility index (Phi) is 6.94. The van der Waals surface area contributed by atoms with Crippen LogP contribution in [-0.4, -0.2) is 63.7 Å². The third-order valence-electron chi connectivity index (χ3n) is 8.99. The first kappa shape index (κ1) is 31.0. The van der Waals surface area contributed by atoms with Crippen LogP contribution in [0.5, 0.6) is 0 Å². The second-order valence-corrected chi connectivity index (χ2v) is 12.6. The molecule has 0 aromatic carbocycles. The molecule has 5 aromatic rings. The van der Waals surface area contributed by atoms with Crippen LogP contribution in [0.2, 0.25) is 0 Å². The van der Waals surface area contributed by atoms with Gasteiger partial charge in [0.2, 0.25) is 11.8 Å². The van der Waals surface area contributed by atoms with Crippen LogP contribution in [-0.2, 0) is 22.3 Å². The second-order valence-electron chi connectivity index (χ2n) is 12.6. The molecule has 2 amide bonds. The minimum atomic E-state index is -4.70. The van der Waals surface area contributed by atoms with Gasteiger partial charge in [-0.05, 0) is 58.7 Å². The lowest BCUT2D eigenvalue weighted by molar-refractivity contribution is -0.141. The van der Waals surface area contributed by atoms with Crippen LogP contribution in [0, 0.1) is 38.0 Å². The van der Waals surface area contributed by atoms with Crippen molar-refractivity contribution in [3.05, 3.63) is 71.1 Å². The Bertz CT molecular complexity index is 2280. The van der Waals surface area contributed by atoms with Crippen LogP contribution in [0.3, 0.4) is 0 Å². The molecule has 0 saturated carbocycles. The van der Waals surface area contributed by atoms with Gasteiger partial charge < -0.3 is 14.8 Å². The molecule has 48 heavy (non-hydrogen) atoms. The van der Waals surface area contributed by atoms with E-state index in [1.54, 1.807) is 34.5 Å². The predicted molar refractivity (Wildman–Crippen MR) is 169 cm³/mol. The number of likely N-dealkylation sites (tertiary alicyclic amines) is 1. The minimum Gasteiger partial charge on any atom is -0.336 e. The number of hydrogen-bond acceptors (Lipinski definition) is 7. The number of ketones is 1. The first-order chi connectivity index (χ1) is 22.6. The van der Waals surface area contributed by atoms with Gasteiger partial charge in [-0.15, -0.1) is 0 Å². The van der Waals surface area contributed by atoms with E-state index in [1.807, 2.05) is 26.1 Å². The summed E-state index contributed by atoms with van der Waals surface area (Å²) in [4.78, 5) is 54.8. The molecule has 0 bridgehead atoms. The lowest BCUT2D eigenvalue weighted by atomic mass is 9.76. The van der Waals surface area contributed by atoms with Crippen LogP contribution < -0.4 is 5.32 Å². The van der Waals surface area contributed by atoms with E-state index >= 15 is 0 Å². The van der Waals surface area contributed by atoms with Gasteiger partial charge in [-0.2, -0.15) is 18.3 Å². The van der Waals surface area contributed by atoms with Crippen molar-refractivity contribution < 1.29 is 27.6 Å². The van der Waals surface area contributed by atoms with Crippen LogP contribution in [0.15, 0.2) is 42.9 Å². The first-order valence-electron chi connectivity index (χ1n) is 15.2. The molecule has 1 N–H and O–H groups in total. The molecular formula is C34H29F3N8O3. The molecule has 6 heterocycles. The molecular weight excluding hydrogens is 625 g/mol. The largest absolute Gasteiger partial charge is 0.433 e. The molecule has 14 heteroatoms. The van der Waals surface area contributed by atoms with Crippen molar-refractivity contribution in [1.82, 2.24) is 34.0 Å². The van der Waals surface area contributed by atoms with Gasteiger partial charge in [0.05, 0.1) is 28.0 Å². The van der Waals surface area contributed by atoms with E-state index in [9.17, 15) is 27.6 Å². The maximum atomic E-state index is 14.1. The maximum absolute atomic E-state index is 14.1. The number of aryl methyl sites for hydroxylation is 3. The molecule has 5 aromatic heterocycles. The van der Waals surface area contributed by atoms with E-state index < -0.39 is 41.2 Å². The summed E-state index contributed by atoms with van der Waals surface area (Å²) in [6, 6.07) is 4.12. The summed E-state index contributed by atoms with van der Waals surface area (Å²) in [5.41, 5.74) is 2.83. The van der Waals surface area contributed by atoms with E-state index in [-0.39, 0.29) is 24.6 Å². The second kappa shape index (κ2) is 10.7. The van der Waals surface area contributed by atoms with Gasteiger partial charge in [0.1, 0.15) is 30.1 Å². The monoisotopic (exact) mass is 654 g/mol. The summed E-state index contributed by atoms with van der Waals surface area (Å²) >= 11 is 0. The average Bonchev–Trinajstić information content (AvgIpc) is 3.63. The van der Waals surface area contributed by atoms with E-state index in [0.29, 0.717) is 44.6 Å². The molecule has 1 fully saturated rings. The number of Topliss-reactive ketones (excluding diaryl/α,β-unsaturated/α-hetero) is 1. The number of nitrogens with zero attached hydrogens (tertiary/aromatic N) is 7. The number of aromatic nitrogens is 6. The summed E-state index contributed by atoms with van der Waals surface area (Å²) < 4.78 is 43.4. The van der Waals surface area contributed by atoms with E-state index in [2.05, 4.69) is 32.2 Å². The SMILES string of the molecule is CC(=O)c1cn(CC(=O)N2[C@H](C(=O)Nc3nc(C(F)(F)F)ccc3C)C[C@@]3(C)C#C[C@@H]23)c2c(C)nc(-c3cnc4cc(C)nn4c3)cc12. The number of carbonyl (C=O) groups excluding carboxylic acids is 3. The predicted octanol–water partition coefficient (Wildman–Crippen LogP) is 4.92. The Hall–Kier alpha value is -5.58. The van der Waals surface area contributed by atoms with Crippen LogP contribution in [0.1, 0.15) is 53.3 Å². The van der Waals surface area contributed by atoms with Gasteiger partial charge in [0, 0.05) is 41.2 Å². The van der Waals surface area contributed by atoms with Gasteiger partial charge >= 0.3 is 6.18 Å². The molecule has 0 radical (unpaired) electrons. The van der Waals surface area contributed by atoms with Crippen molar-refractivity contribution in [1.29, 1.82) is 0 Å². The summed E-state index contributed by atoms with van der Waals surface area (Å²) in [6.45, 7) is 8.25. The van der Waals surface area contributed by atoms with Crippen molar-refractivity contribution in [3.63, 3.8) is 0 Å². The van der Waals surface area contributed by atoms with Gasteiger partial charge in [-0.3, -0.25) is 19.4 Å². The number of amides is 2. The standard InChI is InChI=1S/C34H29F3N8O3/c1-17-6-7-26(34(35,36)37)40-31(17)41-32(48)25-12-33(5)9-8-27(33)45(25)29(47)16-43-15-23(20(4)46)22-11-24(39-19(3)30(22)43)21-13-38-28-10-18(2)42-44(28)14-21/h6-7,10-11,13-15,25,27H,12,16H2,1-5H3,(H,40,41,48)/t25-,27+,33+/m0/s1. The number of nitrogens with one attached hydrogen (secondary N) is 1. The fourth-order valence-corrected chi connectivity index (χ4v) is 6.58. The highest BCUT2D eigenvalue weighted by atomic mass is 19.4. The van der Waals surface area contributed by atoms with Crippen molar-refractivity contribution >= 4 is 40.0 Å². The molecule has 1 aliphatic carbocycles. The number of halogens is 3. The normalized spacial score (nSPS) is 20.0. The Labute approximate surface area is 272 Å². The van der Waals surface area contributed by atoms with Crippen LogP contribution >= 0.6 is 0 Å². The number of carbonyl (C=O) groups is 3. The van der Waals surface area contributed by atoms with Crippen molar-refractivity contribution in [3.8, 4) is 23.1 Å². The molecule has 11 nitrogen and oxygen atoms in total. The summed E-state index contributed by atoms with van der Waals surface area (Å²) in [5, 5.41) is 7.55. The van der Waals surface area contributed by atoms with Gasteiger partial charge in [0.25, 0.3) is 0 Å². The summed E-state index contributed by atoms with van der Waals surface area (Å²) in [7, 11) is 0. The summed E-state index contributed by atoms with van der Waals surface area (Å²) in [6.07, 6.45) is 0.600. The third kappa shape index (κ3) is 5.06. The molecule has 244 valence electrons. The fraction of sp³-hybridized carbons (Fsp3) is 0.324. The topological polar surface area (TPSA) is 127 Å². The summed E-state index contributed by atoms with van der Waals surface area (Å²) in [5.74, 6) is 4.49. The molecule has 0 spiro atoms. The quantitative estimate of drug-likeness (QED) is 0.204. The van der Waals surface area contributed by atoms with Crippen molar-refractivity contribution in [2.45, 2.75) is 65.8 Å². The zero-order valence-corrected chi connectivity index (χ0v) is 26.6. The molecule has 2 aliphatic rings. The Morgan fingerprint density at radius 3 is 2.56 bits per heavy atom. The molecule has 7 rings (SSSR count). The Morgan fingerprint density at radius 2 is 1.88 bits per heavy atom. The first-order valence-corrected chi connectivity index (χ1v) is 15.2. The fourth-order valence-electron chi connectivity index (χ4n) is 6.58. The maximum Gasteiger partial charge on any atom is 0.433 e. The van der Waals surface area contributed by atoms with Crippen molar-refractivity contribution in [2.24, 2.45) is 5.41 Å². The van der Waals surface area contributed by atoms with E-state index in [1.165, 1.54) is 24.8 Å². The minimum absolute atomic E-state index is 0.198. The molecule has 1 saturated heterocycles. The van der Waals surface area contributed by atoms with Crippen LogP contribution in [0.25, 0.3) is 27.8 Å².